The molecule has 1 rings (SSSR count). The third-order valence-electron chi connectivity index (χ3n) is 1.97. The molecule has 0 aliphatic carbocycles. The molecule has 1 amide bonds. The van der Waals surface area contributed by atoms with Crippen molar-refractivity contribution in [3.05, 3.63) is 41.6 Å². The van der Waals surface area contributed by atoms with E-state index in [1.165, 1.54) is 13.2 Å². The summed E-state index contributed by atoms with van der Waals surface area (Å²) in [4.78, 5) is 21.6. The highest BCUT2D eigenvalue weighted by Gasteiger charge is 2.17. The molecule has 0 unspecified atom stereocenters. The standard InChI is InChI=1S/C12H11Cl2NO3/c1-18-12(17)9(15-11(16)10(13)14)7-8-5-3-2-4-6-8/h2-7,10H,1H3,(H,15,16)/b9-7-. The van der Waals surface area contributed by atoms with Crippen molar-refractivity contribution >= 4 is 41.2 Å². The van der Waals surface area contributed by atoms with Crippen molar-refractivity contribution in [3.63, 3.8) is 0 Å². The van der Waals surface area contributed by atoms with Gasteiger partial charge in [0.15, 0.2) is 4.84 Å². The summed E-state index contributed by atoms with van der Waals surface area (Å²) in [5, 5.41) is 2.30. The van der Waals surface area contributed by atoms with E-state index in [4.69, 9.17) is 23.2 Å². The zero-order valence-electron chi connectivity index (χ0n) is 9.52. The van der Waals surface area contributed by atoms with E-state index in [9.17, 15) is 9.59 Å². The van der Waals surface area contributed by atoms with Gasteiger partial charge >= 0.3 is 5.97 Å². The number of methoxy groups -OCH3 is 1. The molecule has 0 atom stereocenters. The maximum Gasteiger partial charge on any atom is 0.354 e. The quantitative estimate of drug-likeness (QED) is 0.524. The Balaban J connectivity index is 2.96. The summed E-state index contributed by atoms with van der Waals surface area (Å²) in [6, 6.07) is 8.98. The lowest BCUT2D eigenvalue weighted by molar-refractivity contribution is -0.137. The van der Waals surface area contributed by atoms with Crippen LogP contribution in [0.1, 0.15) is 5.56 Å². The normalized spacial score (nSPS) is 11.2. The fraction of sp³-hybridized carbons (Fsp3) is 0.167. The van der Waals surface area contributed by atoms with E-state index in [0.717, 1.165) is 5.56 Å². The van der Waals surface area contributed by atoms with E-state index in [1.54, 1.807) is 24.3 Å². The van der Waals surface area contributed by atoms with Crippen molar-refractivity contribution in [2.75, 3.05) is 7.11 Å². The van der Waals surface area contributed by atoms with Gasteiger partial charge in [0.05, 0.1) is 7.11 Å². The molecule has 0 fully saturated rings. The predicted molar refractivity (Wildman–Crippen MR) is 70.1 cm³/mol. The van der Waals surface area contributed by atoms with Crippen molar-refractivity contribution < 1.29 is 14.3 Å². The van der Waals surface area contributed by atoms with Gasteiger partial charge in [0.2, 0.25) is 0 Å². The summed E-state index contributed by atoms with van der Waals surface area (Å²) >= 11 is 10.8. The molecule has 4 nitrogen and oxygen atoms in total. The molecular formula is C12H11Cl2NO3. The van der Waals surface area contributed by atoms with Crippen LogP contribution in [-0.2, 0) is 14.3 Å². The number of halogens is 2. The van der Waals surface area contributed by atoms with Gasteiger partial charge < -0.3 is 10.1 Å². The largest absolute Gasteiger partial charge is 0.464 e. The Morgan fingerprint density at radius 3 is 2.39 bits per heavy atom. The Hall–Kier alpha value is -1.52. The van der Waals surface area contributed by atoms with Crippen LogP contribution in [0, 0.1) is 0 Å². The first-order valence-corrected chi connectivity index (χ1v) is 5.86. The van der Waals surface area contributed by atoms with Crippen molar-refractivity contribution in [2.45, 2.75) is 4.84 Å². The lowest BCUT2D eigenvalue weighted by Gasteiger charge is -2.08. The molecule has 0 bridgehead atoms. The zero-order chi connectivity index (χ0) is 13.5. The molecule has 0 aliphatic heterocycles. The number of esters is 1. The molecule has 0 radical (unpaired) electrons. The van der Waals surface area contributed by atoms with Gasteiger partial charge in [0.1, 0.15) is 5.70 Å². The summed E-state index contributed by atoms with van der Waals surface area (Å²) in [5.74, 6) is -1.37. The molecule has 0 aliphatic rings. The summed E-state index contributed by atoms with van der Waals surface area (Å²) in [6.07, 6.45) is 1.47. The van der Waals surface area contributed by atoms with Crippen LogP contribution in [0.5, 0.6) is 0 Å². The lowest BCUT2D eigenvalue weighted by Crippen LogP contribution is -2.31. The fourth-order valence-corrected chi connectivity index (χ4v) is 1.27. The zero-order valence-corrected chi connectivity index (χ0v) is 11.0. The van der Waals surface area contributed by atoms with Crippen molar-refractivity contribution in [1.82, 2.24) is 5.32 Å². The first kappa shape index (κ1) is 14.5. The van der Waals surface area contributed by atoms with Crippen LogP contribution in [0.15, 0.2) is 36.0 Å². The number of benzene rings is 1. The molecule has 0 aromatic heterocycles. The molecule has 0 spiro atoms. The number of nitrogens with one attached hydrogen (secondary N) is 1. The minimum absolute atomic E-state index is 0.0278. The summed E-state index contributed by atoms with van der Waals surface area (Å²) in [6.45, 7) is 0. The fourth-order valence-electron chi connectivity index (χ4n) is 1.16. The van der Waals surface area contributed by atoms with Gasteiger partial charge in [-0.15, -0.1) is 0 Å². The number of carbonyl (C=O) groups is 2. The molecule has 18 heavy (non-hydrogen) atoms. The van der Waals surface area contributed by atoms with Crippen LogP contribution in [0.25, 0.3) is 6.08 Å². The SMILES string of the molecule is COC(=O)/C(=C/c1ccccc1)NC(=O)C(Cl)Cl. The third kappa shape index (κ3) is 4.39. The molecule has 0 saturated heterocycles. The first-order valence-electron chi connectivity index (χ1n) is 4.98. The van der Waals surface area contributed by atoms with Crippen LogP contribution >= 0.6 is 23.2 Å². The minimum atomic E-state index is -1.26. The average molecular weight is 288 g/mol. The van der Waals surface area contributed by atoms with E-state index in [1.807, 2.05) is 6.07 Å². The highest BCUT2D eigenvalue weighted by molar-refractivity contribution is 6.53. The number of hydrogen-bond acceptors (Lipinski definition) is 3. The first-order chi connectivity index (χ1) is 8.54. The van der Waals surface area contributed by atoms with Gasteiger partial charge in [-0.2, -0.15) is 0 Å². The maximum atomic E-state index is 11.5. The number of ether oxygens (including phenoxy) is 1. The highest BCUT2D eigenvalue weighted by atomic mass is 35.5. The molecule has 1 aromatic carbocycles. The summed E-state index contributed by atoms with van der Waals surface area (Å²) < 4.78 is 4.56. The Bertz CT molecular complexity index is 458. The number of rotatable bonds is 4. The minimum Gasteiger partial charge on any atom is -0.464 e. The van der Waals surface area contributed by atoms with Gasteiger partial charge in [-0.1, -0.05) is 53.5 Å². The Labute approximate surface area is 115 Å². The molecule has 1 aromatic rings. The number of carbonyl (C=O) groups excluding carboxylic acids is 2. The molecular weight excluding hydrogens is 277 g/mol. The van der Waals surface area contributed by atoms with E-state index < -0.39 is 16.7 Å². The number of alkyl halides is 2. The molecule has 0 saturated carbocycles. The number of hydrogen-bond donors (Lipinski definition) is 1. The summed E-state index contributed by atoms with van der Waals surface area (Å²) in [7, 11) is 1.21. The van der Waals surface area contributed by atoms with Crippen LogP contribution in [0.3, 0.4) is 0 Å². The number of amides is 1. The van der Waals surface area contributed by atoms with E-state index in [-0.39, 0.29) is 5.70 Å². The Morgan fingerprint density at radius 1 is 1.28 bits per heavy atom. The molecule has 96 valence electrons. The monoisotopic (exact) mass is 287 g/mol. The second kappa shape index (κ2) is 7.03. The van der Waals surface area contributed by atoms with E-state index in [2.05, 4.69) is 10.1 Å². The second-order valence-electron chi connectivity index (χ2n) is 3.25. The third-order valence-corrected chi connectivity index (χ3v) is 2.37. The van der Waals surface area contributed by atoms with Gasteiger partial charge in [0, 0.05) is 0 Å². The lowest BCUT2D eigenvalue weighted by atomic mass is 10.2. The van der Waals surface area contributed by atoms with Crippen LogP contribution in [0.4, 0.5) is 0 Å². The molecule has 1 N–H and O–H groups in total. The van der Waals surface area contributed by atoms with Crippen LogP contribution in [-0.4, -0.2) is 23.8 Å². The smallest absolute Gasteiger partial charge is 0.354 e. The van der Waals surface area contributed by atoms with Crippen molar-refractivity contribution in [3.8, 4) is 0 Å². The summed E-state index contributed by atoms with van der Waals surface area (Å²) in [5.41, 5.74) is 0.707. The second-order valence-corrected chi connectivity index (χ2v) is 4.35. The van der Waals surface area contributed by atoms with Gasteiger partial charge in [-0.25, -0.2) is 4.79 Å². The van der Waals surface area contributed by atoms with Gasteiger partial charge in [0.25, 0.3) is 5.91 Å². The van der Waals surface area contributed by atoms with Crippen LogP contribution in [0.2, 0.25) is 0 Å². The van der Waals surface area contributed by atoms with Crippen LogP contribution < -0.4 is 5.32 Å². The van der Waals surface area contributed by atoms with Gasteiger partial charge in [-0.3, -0.25) is 4.79 Å². The molecule has 0 heterocycles. The predicted octanol–water partition coefficient (Wildman–Crippen LogP) is 2.12. The van der Waals surface area contributed by atoms with E-state index >= 15 is 0 Å². The van der Waals surface area contributed by atoms with Crippen molar-refractivity contribution in [1.29, 1.82) is 0 Å². The van der Waals surface area contributed by atoms with Gasteiger partial charge in [-0.05, 0) is 11.6 Å². The Kier molecular flexibility index (Phi) is 5.68. The van der Waals surface area contributed by atoms with Crippen molar-refractivity contribution in [2.24, 2.45) is 0 Å². The average Bonchev–Trinajstić information content (AvgIpc) is 2.38. The van der Waals surface area contributed by atoms with E-state index in [0.29, 0.717) is 0 Å². The molecule has 6 heteroatoms. The topological polar surface area (TPSA) is 55.4 Å². The maximum absolute atomic E-state index is 11.5. The highest BCUT2D eigenvalue weighted by Crippen LogP contribution is 2.08. The Morgan fingerprint density at radius 2 is 1.89 bits per heavy atom.